The van der Waals surface area contributed by atoms with Crippen molar-refractivity contribution in [3.05, 3.63) is 47.0 Å². The van der Waals surface area contributed by atoms with E-state index in [1.54, 1.807) is 11.3 Å². The predicted molar refractivity (Wildman–Crippen MR) is 105 cm³/mol. The lowest BCUT2D eigenvalue weighted by atomic mass is 10.1. The van der Waals surface area contributed by atoms with Crippen LogP contribution < -0.4 is 5.73 Å². The summed E-state index contributed by atoms with van der Waals surface area (Å²) in [6.45, 7) is 8.95. The normalized spacial score (nSPS) is 18.0. The molecular formula is C18H27ClN4S. The minimum absolute atomic E-state index is 0. The smallest absolute Gasteiger partial charge is 0.180 e. The van der Waals surface area contributed by atoms with Gasteiger partial charge in [-0.1, -0.05) is 37.3 Å². The van der Waals surface area contributed by atoms with Crippen LogP contribution in [0.3, 0.4) is 0 Å². The number of benzene rings is 1. The lowest BCUT2D eigenvalue weighted by Crippen LogP contribution is -2.30. The number of thiazole rings is 1. The molecule has 0 bridgehead atoms. The maximum atomic E-state index is 5.73. The van der Waals surface area contributed by atoms with Gasteiger partial charge in [0.1, 0.15) is 0 Å². The minimum atomic E-state index is 0. The van der Waals surface area contributed by atoms with Crippen molar-refractivity contribution in [1.82, 2.24) is 14.8 Å². The van der Waals surface area contributed by atoms with E-state index in [0.717, 1.165) is 25.6 Å². The van der Waals surface area contributed by atoms with Gasteiger partial charge in [-0.25, -0.2) is 4.98 Å². The fourth-order valence-corrected chi connectivity index (χ4v) is 4.06. The Kier molecular flexibility index (Phi) is 7.49. The molecule has 3 rings (SSSR count). The molecule has 1 aromatic carbocycles. The van der Waals surface area contributed by atoms with Gasteiger partial charge in [-0.15, -0.1) is 23.7 Å². The highest BCUT2D eigenvalue weighted by Gasteiger charge is 2.24. The highest BCUT2D eigenvalue weighted by Crippen LogP contribution is 2.22. The molecule has 4 nitrogen and oxygen atoms in total. The number of hydrogen-bond acceptors (Lipinski definition) is 5. The minimum Gasteiger partial charge on any atom is -0.375 e. The number of likely N-dealkylation sites (tertiary alicyclic amines) is 1. The highest BCUT2D eigenvalue weighted by molar-refractivity contribution is 7.15. The van der Waals surface area contributed by atoms with Gasteiger partial charge in [0.05, 0.1) is 0 Å². The lowest BCUT2D eigenvalue weighted by molar-refractivity contribution is 0.228. The summed E-state index contributed by atoms with van der Waals surface area (Å²) in [7, 11) is 0. The van der Waals surface area contributed by atoms with Crippen molar-refractivity contribution in [2.45, 2.75) is 26.4 Å². The summed E-state index contributed by atoms with van der Waals surface area (Å²) >= 11 is 1.61. The van der Waals surface area contributed by atoms with Gasteiger partial charge in [-0.3, -0.25) is 9.80 Å². The van der Waals surface area contributed by atoms with Gasteiger partial charge in [-0.05, 0) is 31.0 Å². The number of nitrogens with two attached hydrogens (primary N) is 1. The van der Waals surface area contributed by atoms with Gasteiger partial charge in [0.15, 0.2) is 5.13 Å². The number of aromatic nitrogens is 1. The SMILES string of the molecule is CCN(Cc1cnc(N)s1)CC1CCN(Cc2ccccc2)C1.Cl. The molecule has 2 aromatic rings. The first-order valence-corrected chi connectivity index (χ1v) is 9.23. The van der Waals surface area contributed by atoms with Crippen molar-refractivity contribution in [3.8, 4) is 0 Å². The molecule has 6 heteroatoms. The van der Waals surface area contributed by atoms with Crippen LogP contribution in [0.5, 0.6) is 0 Å². The van der Waals surface area contributed by atoms with Crippen LogP contribution in [0.15, 0.2) is 36.5 Å². The van der Waals surface area contributed by atoms with E-state index in [0.29, 0.717) is 5.13 Å². The van der Waals surface area contributed by atoms with Crippen LogP contribution in [0.1, 0.15) is 23.8 Å². The third kappa shape index (κ3) is 5.45. The first-order chi connectivity index (χ1) is 11.2. The molecule has 1 aliphatic heterocycles. The lowest BCUT2D eigenvalue weighted by Gasteiger charge is -2.23. The number of hydrogen-bond donors (Lipinski definition) is 1. The van der Waals surface area contributed by atoms with Gasteiger partial charge in [0, 0.05) is 37.3 Å². The Hall–Kier alpha value is -1.14. The summed E-state index contributed by atoms with van der Waals surface area (Å²) in [4.78, 5) is 10.5. The number of anilines is 1. The molecular weight excluding hydrogens is 340 g/mol. The molecule has 0 radical (unpaired) electrons. The number of nitrogen functional groups attached to an aromatic ring is 1. The second-order valence-electron chi connectivity index (χ2n) is 6.37. The van der Waals surface area contributed by atoms with E-state index in [2.05, 4.69) is 52.0 Å². The van der Waals surface area contributed by atoms with Crippen LogP contribution in [0.4, 0.5) is 5.13 Å². The molecule has 1 saturated heterocycles. The Bertz CT molecular complexity index is 604. The summed E-state index contributed by atoms with van der Waals surface area (Å²) in [6, 6.07) is 10.8. The topological polar surface area (TPSA) is 45.4 Å². The van der Waals surface area contributed by atoms with Crippen molar-refractivity contribution >= 4 is 28.9 Å². The number of halogens is 1. The van der Waals surface area contributed by atoms with Crippen molar-refractivity contribution in [1.29, 1.82) is 0 Å². The fourth-order valence-electron chi connectivity index (χ4n) is 3.33. The average molecular weight is 367 g/mol. The summed E-state index contributed by atoms with van der Waals surface area (Å²) in [5.74, 6) is 0.768. The predicted octanol–water partition coefficient (Wildman–Crippen LogP) is 3.49. The number of nitrogens with zero attached hydrogens (tertiary/aromatic N) is 3. The van der Waals surface area contributed by atoms with Crippen LogP contribution in [0, 0.1) is 5.92 Å². The van der Waals surface area contributed by atoms with Crippen molar-refractivity contribution in [3.63, 3.8) is 0 Å². The maximum Gasteiger partial charge on any atom is 0.180 e. The molecule has 1 fully saturated rings. The third-order valence-electron chi connectivity index (χ3n) is 4.53. The van der Waals surface area contributed by atoms with Crippen LogP contribution >= 0.6 is 23.7 Å². The second kappa shape index (κ2) is 9.37. The molecule has 2 N–H and O–H groups in total. The molecule has 1 aromatic heterocycles. The van der Waals surface area contributed by atoms with Gasteiger partial charge in [0.2, 0.25) is 0 Å². The fraction of sp³-hybridized carbons (Fsp3) is 0.500. The molecule has 1 aliphatic rings. The largest absolute Gasteiger partial charge is 0.375 e. The zero-order valence-electron chi connectivity index (χ0n) is 14.2. The van der Waals surface area contributed by atoms with Gasteiger partial charge >= 0.3 is 0 Å². The highest BCUT2D eigenvalue weighted by atomic mass is 35.5. The average Bonchev–Trinajstić information content (AvgIpc) is 3.17. The molecule has 24 heavy (non-hydrogen) atoms. The van der Waals surface area contributed by atoms with Gasteiger partial charge < -0.3 is 5.73 Å². The molecule has 132 valence electrons. The molecule has 0 amide bonds. The van der Waals surface area contributed by atoms with Gasteiger partial charge in [-0.2, -0.15) is 0 Å². The quantitative estimate of drug-likeness (QED) is 0.814. The summed E-state index contributed by atoms with van der Waals surface area (Å²) in [5.41, 5.74) is 7.15. The van der Waals surface area contributed by atoms with E-state index < -0.39 is 0 Å². The van der Waals surface area contributed by atoms with Crippen molar-refractivity contribution in [2.24, 2.45) is 5.92 Å². The third-order valence-corrected chi connectivity index (χ3v) is 5.34. The van der Waals surface area contributed by atoms with Gasteiger partial charge in [0.25, 0.3) is 0 Å². The van der Waals surface area contributed by atoms with E-state index in [1.807, 2.05) is 6.20 Å². The zero-order chi connectivity index (χ0) is 16.1. The standard InChI is InChI=1S/C18H26N4S.ClH/c1-2-21(14-17-10-20-18(19)23-17)12-16-8-9-22(13-16)11-15-6-4-3-5-7-15;/h3-7,10,16H,2,8-9,11-14H2,1H3,(H2,19,20);1H. The van der Waals surface area contributed by atoms with Crippen LogP contribution in [0.25, 0.3) is 0 Å². The Balaban J connectivity index is 0.00000208. The summed E-state index contributed by atoms with van der Waals surface area (Å²) in [6.07, 6.45) is 3.22. The van der Waals surface area contributed by atoms with Crippen LogP contribution in [0.2, 0.25) is 0 Å². The Morgan fingerprint density at radius 2 is 2.12 bits per heavy atom. The molecule has 1 unspecified atom stereocenters. The van der Waals surface area contributed by atoms with Crippen LogP contribution in [-0.2, 0) is 13.1 Å². The van der Waals surface area contributed by atoms with E-state index in [-0.39, 0.29) is 12.4 Å². The first-order valence-electron chi connectivity index (χ1n) is 8.41. The zero-order valence-corrected chi connectivity index (χ0v) is 15.9. The monoisotopic (exact) mass is 366 g/mol. The molecule has 0 spiro atoms. The van der Waals surface area contributed by atoms with Crippen molar-refractivity contribution < 1.29 is 0 Å². The molecule has 1 atom stereocenters. The Morgan fingerprint density at radius 3 is 2.79 bits per heavy atom. The Morgan fingerprint density at radius 1 is 1.33 bits per heavy atom. The van der Waals surface area contributed by atoms with E-state index in [1.165, 1.54) is 36.5 Å². The molecule has 0 saturated carbocycles. The van der Waals surface area contributed by atoms with Crippen molar-refractivity contribution in [2.75, 3.05) is 31.9 Å². The van der Waals surface area contributed by atoms with Crippen LogP contribution in [-0.4, -0.2) is 41.0 Å². The first kappa shape index (κ1) is 19.2. The molecule has 2 heterocycles. The summed E-state index contributed by atoms with van der Waals surface area (Å²) < 4.78 is 0. The second-order valence-corrected chi connectivity index (χ2v) is 7.51. The van der Waals surface area contributed by atoms with E-state index in [4.69, 9.17) is 5.73 Å². The molecule has 0 aliphatic carbocycles. The van der Waals surface area contributed by atoms with E-state index >= 15 is 0 Å². The summed E-state index contributed by atoms with van der Waals surface area (Å²) in [5, 5.41) is 0.672. The maximum absolute atomic E-state index is 5.73. The van der Waals surface area contributed by atoms with E-state index in [9.17, 15) is 0 Å². The Labute approximate surface area is 155 Å². The number of rotatable bonds is 7.